The Morgan fingerprint density at radius 1 is 1.21 bits per heavy atom. The third kappa shape index (κ3) is 2.76. The molecular formula is C19H16N2O3. The second-order valence-corrected chi connectivity index (χ2v) is 5.94. The molecule has 0 radical (unpaired) electrons. The fourth-order valence-corrected chi connectivity index (χ4v) is 3.14. The zero-order valence-electron chi connectivity index (χ0n) is 12.9. The molecule has 5 nitrogen and oxygen atoms in total. The van der Waals surface area contributed by atoms with Gasteiger partial charge < -0.3 is 15.0 Å². The van der Waals surface area contributed by atoms with E-state index in [9.17, 15) is 9.59 Å². The van der Waals surface area contributed by atoms with Gasteiger partial charge in [0.15, 0.2) is 0 Å². The summed E-state index contributed by atoms with van der Waals surface area (Å²) in [6.45, 7) is 0. The summed E-state index contributed by atoms with van der Waals surface area (Å²) in [5, 5.41) is 3.95. The van der Waals surface area contributed by atoms with Crippen LogP contribution in [0.2, 0.25) is 0 Å². The number of aromatic amines is 1. The van der Waals surface area contributed by atoms with Crippen molar-refractivity contribution >= 4 is 28.5 Å². The molecule has 0 saturated heterocycles. The van der Waals surface area contributed by atoms with Crippen molar-refractivity contribution < 1.29 is 14.3 Å². The number of hydrogen-bond donors (Lipinski definition) is 2. The molecule has 2 aromatic carbocycles. The first-order chi connectivity index (χ1) is 11.7. The fraction of sp³-hybridized carbons (Fsp3) is 0.158. The quantitative estimate of drug-likeness (QED) is 0.572. The molecule has 1 atom stereocenters. The molecule has 1 aliphatic rings. The standard InChI is InChI=1S/C19H16N2O3/c22-18(21-14-5-6-16-12(9-14)7-8-20-16)10-13-11-19(23)24-17-4-2-1-3-15(13)17/h1-9,13,20H,10-11H2,(H,21,22)/t13-/m0/s1. The third-order valence-corrected chi connectivity index (χ3v) is 4.26. The number of anilines is 1. The first-order valence-corrected chi connectivity index (χ1v) is 7.85. The Labute approximate surface area is 138 Å². The van der Waals surface area contributed by atoms with E-state index in [2.05, 4.69) is 10.3 Å². The van der Waals surface area contributed by atoms with Crippen LogP contribution >= 0.6 is 0 Å². The maximum Gasteiger partial charge on any atom is 0.311 e. The molecule has 1 aromatic heterocycles. The molecule has 1 amide bonds. The number of H-pyrrole nitrogens is 1. The van der Waals surface area contributed by atoms with Gasteiger partial charge in [-0.3, -0.25) is 9.59 Å². The number of rotatable bonds is 3. The first-order valence-electron chi connectivity index (χ1n) is 7.85. The van der Waals surface area contributed by atoms with Crippen molar-refractivity contribution in [3.05, 3.63) is 60.3 Å². The van der Waals surface area contributed by atoms with Crippen LogP contribution in [0.5, 0.6) is 5.75 Å². The van der Waals surface area contributed by atoms with Gasteiger partial charge in [0.2, 0.25) is 5.91 Å². The number of para-hydroxylation sites is 1. The van der Waals surface area contributed by atoms with E-state index in [1.165, 1.54) is 0 Å². The van der Waals surface area contributed by atoms with Crippen molar-refractivity contribution in [1.29, 1.82) is 0 Å². The number of ether oxygens (including phenoxy) is 1. The Kier molecular flexibility index (Phi) is 3.54. The smallest absolute Gasteiger partial charge is 0.311 e. The van der Waals surface area contributed by atoms with E-state index in [0.29, 0.717) is 5.75 Å². The van der Waals surface area contributed by atoms with E-state index in [4.69, 9.17) is 4.74 Å². The van der Waals surface area contributed by atoms with Gasteiger partial charge in [-0.1, -0.05) is 18.2 Å². The molecule has 0 aliphatic carbocycles. The van der Waals surface area contributed by atoms with Gasteiger partial charge in [-0.05, 0) is 35.9 Å². The Hall–Kier alpha value is -3.08. The Balaban J connectivity index is 1.50. The van der Waals surface area contributed by atoms with Gasteiger partial charge in [0.25, 0.3) is 0 Å². The monoisotopic (exact) mass is 320 g/mol. The average molecular weight is 320 g/mol. The normalized spacial score (nSPS) is 16.5. The molecule has 1 aliphatic heterocycles. The van der Waals surface area contributed by atoms with Gasteiger partial charge in [-0.2, -0.15) is 0 Å². The van der Waals surface area contributed by atoms with E-state index in [0.717, 1.165) is 22.2 Å². The highest BCUT2D eigenvalue weighted by molar-refractivity contribution is 5.94. The molecule has 24 heavy (non-hydrogen) atoms. The number of hydrogen-bond acceptors (Lipinski definition) is 3. The second kappa shape index (κ2) is 5.85. The summed E-state index contributed by atoms with van der Waals surface area (Å²) in [6, 6.07) is 15.1. The molecule has 0 unspecified atom stereocenters. The number of benzene rings is 2. The van der Waals surface area contributed by atoms with Gasteiger partial charge in [0.05, 0.1) is 6.42 Å². The number of nitrogens with one attached hydrogen (secondary N) is 2. The number of fused-ring (bicyclic) bond motifs is 2. The molecule has 2 N–H and O–H groups in total. The third-order valence-electron chi connectivity index (χ3n) is 4.26. The summed E-state index contributed by atoms with van der Waals surface area (Å²) < 4.78 is 5.23. The van der Waals surface area contributed by atoms with Crippen molar-refractivity contribution in [3.8, 4) is 5.75 Å². The molecule has 120 valence electrons. The highest BCUT2D eigenvalue weighted by Gasteiger charge is 2.28. The summed E-state index contributed by atoms with van der Waals surface area (Å²) in [6.07, 6.45) is 2.33. The average Bonchev–Trinajstić information content (AvgIpc) is 3.02. The molecule has 4 rings (SSSR count). The van der Waals surface area contributed by atoms with Crippen LogP contribution in [0, 0.1) is 0 Å². The number of carbonyl (C=O) groups excluding carboxylic acids is 2. The largest absolute Gasteiger partial charge is 0.426 e. The first kappa shape index (κ1) is 14.5. The Morgan fingerprint density at radius 2 is 2.08 bits per heavy atom. The molecular weight excluding hydrogens is 304 g/mol. The van der Waals surface area contributed by atoms with Gasteiger partial charge in [0, 0.05) is 35.1 Å². The van der Waals surface area contributed by atoms with Crippen LogP contribution in [0.1, 0.15) is 24.3 Å². The highest BCUT2D eigenvalue weighted by Crippen LogP contribution is 2.36. The van der Waals surface area contributed by atoms with Crippen LogP contribution in [0.3, 0.4) is 0 Å². The molecule has 0 saturated carbocycles. The summed E-state index contributed by atoms with van der Waals surface area (Å²) in [4.78, 5) is 27.3. The summed E-state index contributed by atoms with van der Waals surface area (Å²) >= 11 is 0. The van der Waals surface area contributed by atoms with E-state index in [1.54, 1.807) is 6.07 Å². The highest BCUT2D eigenvalue weighted by atomic mass is 16.5. The molecule has 0 bridgehead atoms. The minimum atomic E-state index is -0.291. The lowest BCUT2D eigenvalue weighted by Crippen LogP contribution is -2.24. The number of aromatic nitrogens is 1. The zero-order valence-corrected chi connectivity index (χ0v) is 12.9. The summed E-state index contributed by atoms with van der Waals surface area (Å²) in [7, 11) is 0. The maximum absolute atomic E-state index is 12.4. The number of esters is 1. The van der Waals surface area contributed by atoms with Crippen LogP contribution in [-0.2, 0) is 9.59 Å². The number of carbonyl (C=O) groups is 2. The minimum absolute atomic E-state index is 0.112. The Morgan fingerprint density at radius 3 is 3.00 bits per heavy atom. The molecule has 0 spiro atoms. The lowest BCUT2D eigenvalue weighted by molar-refractivity contribution is -0.136. The second-order valence-electron chi connectivity index (χ2n) is 5.94. The van der Waals surface area contributed by atoms with Crippen molar-refractivity contribution in [2.24, 2.45) is 0 Å². The van der Waals surface area contributed by atoms with Gasteiger partial charge in [-0.15, -0.1) is 0 Å². The molecule has 3 aromatic rings. The van der Waals surface area contributed by atoms with Gasteiger partial charge in [0.1, 0.15) is 5.75 Å². The van der Waals surface area contributed by atoms with Gasteiger partial charge in [-0.25, -0.2) is 0 Å². The molecule has 2 heterocycles. The van der Waals surface area contributed by atoms with Crippen LogP contribution in [0.15, 0.2) is 54.7 Å². The van der Waals surface area contributed by atoms with Crippen LogP contribution < -0.4 is 10.1 Å². The molecule has 5 heteroatoms. The SMILES string of the molecule is O=C(C[C@H]1CC(=O)Oc2ccccc21)Nc1ccc2[nH]ccc2c1. The van der Waals surface area contributed by atoms with Crippen molar-refractivity contribution in [1.82, 2.24) is 4.98 Å². The van der Waals surface area contributed by atoms with Crippen LogP contribution in [0.4, 0.5) is 5.69 Å². The van der Waals surface area contributed by atoms with Crippen molar-refractivity contribution in [3.63, 3.8) is 0 Å². The van der Waals surface area contributed by atoms with E-state index < -0.39 is 0 Å². The van der Waals surface area contributed by atoms with Crippen LogP contribution in [-0.4, -0.2) is 16.9 Å². The maximum atomic E-state index is 12.4. The van der Waals surface area contributed by atoms with E-state index in [-0.39, 0.29) is 30.6 Å². The predicted octanol–water partition coefficient (Wildman–Crippen LogP) is 3.59. The summed E-state index contributed by atoms with van der Waals surface area (Å²) in [5.41, 5.74) is 2.68. The number of amides is 1. The van der Waals surface area contributed by atoms with E-state index in [1.807, 2.05) is 48.7 Å². The summed E-state index contributed by atoms with van der Waals surface area (Å²) in [5.74, 6) is -0.00152. The van der Waals surface area contributed by atoms with E-state index >= 15 is 0 Å². The lowest BCUT2D eigenvalue weighted by atomic mass is 9.89. The lowest BCUT2D eigenvalue weighted by Gasteiger charge is -2.23. The predicted molar refractivity (Wildman–Crippen MR) is 91.0 cm³/mol. The minimum Gasteiger partial charge on any atom is -0.426 e. The van der Waals surface area contributed by atoms with Crippen LogP contribution in [0.25, 0.3) is 10.9 Å². The zero-order chi connectivity index (χ0) is 16.5. The topological polar surface area (TPSA) is 71.2 Å². The van der Waals surface area contributed by atoms with Crippen molar-refractivity contribution in [2.75, 3.05) is 5.32 Å². The van der Waals surface area contributed by atoms with Crippen molar-refractivity contribution in [2.45, 2.75) is 18.8 Å². The van der Waals surface area contributed by atoms with Gasteiger partial charge >= 0.3 is 5.97 Å². The fourth-order valence-electron chi connectivity index (χ4n) is 3.14. The Bertz CT molecular complexity index is 929. The molecule has 0 fully saturated rings.